The van der Waals surface area contributed by atoms with Crippen molar-refractivity contribution >= 4 is 0 Å². The van der Waals surface area contributed by atoms with Gasteiger partial charge in [-0.3, -0.25) is 0 Å². The minimum absolute atomic E-state index is 0.639. The van der Waals surface area contributed by atoms with Crippen LogP contribution in [0.3, 0.4) is 0 Å². The van der Waals surface area contributed by atoms with Gasteiger partial charge in [0.25, 0.3) is 0 Å². The molecule has 0 aromatic rings. The van der Waals surface area contributed by atoms with Crippen molar-refractivity contribution in [2.45, 2.75) is 59.4 Å². The maximum atomic E-state index is 3.80. The Morgan fingerprint density at radius 2 is 1.81 bits per heavy atom. The van der Waals surface area contributed by atoms with Crippen LogP contribution in [-0.2, 0) is 0 Å². The summed E-state index contributed by atoms with van der Waals surface area (Å²) in [7, 11) is 0. The molecule has 92 valence electrons. The molecule has 0 saturated carbocycles. The molecule has 0 spiro atoms. The van der Waals surface area contributed by atoms with Gasteiger partial charge in [0.15, 0.2) is 0 Å². The molecule has 0 atom stereocenters. The van der Waals surface area contributed by atoms with Crippen molar-refractivity contribution in [1.82, 2.24) is 4.90 Å². The predicted octanol–water partition coefficient (Wildman–Crippen LogP) is 4.52. The van der Waals surface area contributed by atoms with Gasteiger partial charge in [-0.05, 0) is 32.8 Å². The van der Waals surface area contributed by atoms with Gasteiger partial charge in [0.2, 0.25) is 0 Å². The zero-order valence-corrected chi connectivity index (χ0v) is 11.4. The van der Waals surface area contributed by atoms with Crippen molar-refractivity contribution in [1.29, 1.82) is 0 Å². The smallest absolute Gasteiger partial charge is 0.0792 e. The summed E-state index contributed by atoms with van der Waals surface area (Å²) in [5.74, 6) is 0. The monoisotopic (exact) mass is 221 g/mol. The first-order valence-electron chi connectivity index (χ1n) is 6.54. The minimum Gasteiger partial charge on any atom is -0.363 e. The van der Waals surface area contributed by atoms with Crippen molar-refractivity contribution in [3.63, 3.8) is 0 Å². The quantitative estimate of drug-likeness (QED) is 0.430. The highest BCUT2D eigenvalue weighted by molar-refractivity contribution is 5.16. The second kappa shape index (κ2) is 9.30. The molecule has 0 radical (unpaired) electrons. The Labute approximate surface area is 102 Å². The van der Waals surface area contributed by atoms with E-state index in [1.54, 1.807) is 0 Å². The maximum Gasteiger partial charge on any atom is 0.0792 e. The summed E-state index contributed by atoms with van der Waals surface area (Å²) < 4.78 is 0. The number of hydrogen-bond donors (Lipinski definition) is 0. The average Bonchev–Trinajstić information content (AvgIpc) is 2.29. The predicted molar refractivity (Wildman–Crippen MR) is 73.5 cm³/mol. The van der Waals surface area contributed by atoms with Gasteiger partial charge < -0.3 is 4.90 Å². The van der Waals surface area contributed by atoms with E-state index in [-0.39, 0.29) is 0 Å². The fraction of sp³-hybridized carbons (Fsp3) is 0.667. The Morgan fingerprint density at radius 3 is 2.12 bits per heavy atom. The van der Waals surface area contributed by atoms with E-state index in [1.807, 2.05) is 6.92 Å². The van der Waals surface area contributed by atoms with Gasteiger partial charge in [-0.1, -0.05) is 39.3 Å². The zero-order valence-electron chi connectivity index (χ0n) is 11.4. The molecular formula is C15H27N. The zero-order chi connectivity index (χ0) is 12.4. The van der Waals surface area contributed by atoms with E-state index in [1.165, 1.54) is 25.7 Å². The molecule has 0 aromatic heterocycles. The largest absolute Gasteiger partial charge is 0.363 e. The van der Waals surface area contributed by atoms with Crippen molar-refractivity contribution < 1.29 is 0 Å². The minimum atomic E-state index is 0.639. The molecule has 0 aliphatic rings. The van der Waals surface area contributed by atoms with E-state index in [4.69, 9.17) is 0 Å². The first kappa shape index (κ1) is 15.1. The molecule has 0 rings (SSSR count). The summed E-state index contributed by atoms with van der Waals surface area (Å²) in [5, 5.41) is 0. The van der Waals surface area contributed by atoms with Crippen molar-refractivity contribution in [2.75, 3.05) is 6.54 Å². The highest BCUT2D eigenvalue weighted by Gasteiger charge is 2.16. The molecule has 16 heavy (non-hydrogen) atoms. The number of hydrogen-bond acceptors (Lipinski definition) is 1. The van der Waals surface area contributed by atoms with Crippen LogP contribution in [0.4, 0.5) is 0 Å². The normalized spacial score (nSPS) is 10.8. The molecule has 0 bridgehead atoms. The third-order valence-corrected chi connectivity index (χ3v) is 2.84. The number of rotatable bonds is 8. The summed E-state index contributed by atoms with van der Waals surface area (Å²) in [6.07, 6.45) is 9.15. The van der Waals surface area contributed by atoms with E-state index in [0.29, 0.717) is 6.04 Å². The highest BCUT2D eigenvalue weighted by Crippen LogP contribution is 2.18. The van der Waals surface area contributed by atoms with Crippen LogP contribution in [0.2, 0.25) is 0 Å². The first-order chi connectivity index (χ1) is 7.74. The summed E-state index contributed by atoms with van der Waals surface area (Å²) in [6, 6.07) is 0.639. The van der Waals surface area contributed by atoms with Crippen molar-refractivity contribution in [2.24, 2.45) is 0 Å². The van der Waals surface area contributed by atoms with Gasteiger partial charge in [-0.25, -0.2) is 0 Å². The second-order valence-corrected chi connectivity index (χ2v) is 4.08. The van der Waals surface area contributed by atoms with E-state index in [9.17, 15) is 0 Å². The second-order valence-electron chi connectivity index (χ2n) is 4.08. The SMILES string of the molecule is C=C=C(/C=C/C)N(CC)C(CCC)CCC. The Kier molecular flexibility index (Phi) is 8.75. The van der Waals surface area contributed by atoms with Crippen LogP contribution in [0.5, 0.6) is 0 Å². The van der Waals surface area contributed by atoms with Crippen molar-refractivity contribution in [3.05, 3.63) is 30.2 Å². The average molecular weight is 221 g/mol. The molecule has 0 fully saturated rings. The number of likely N-dealkylation sites (N-methyl/N-ethyl adjacent to an activating group) is 1. The summed E-state index contributed by atoms with van der Waals surface area (Å²) in [4.78, 5) is 2.43. The van der Waals surface area contributed by atoms with Crippen LogP contribution >= 0.6 is 0 Å². The van der Waals surface area contributed by atoms with Crippen LogP contribution in [0, 0.1) is 0 Å². The third kappa shape index (κ3) is 4.72. The molecule has 0 heterocycles. The molecule has 1 heteroatoms. The molecule has 0 saturated heterocycles. The number of nitrogens with zero attached hydrogens (tertiary/aromatic N) is 1. The fourth-order valence-corrected chi connectivity index (χ4v) is 2.16. The molecule has 0 unspecified atom stereocenters. The van der Waals surface area contributed by atoms with Gasteiger partial charge in [-0.2, -0.15) is 0 Å². The van der Waals surface area contributed by atoms with Gasteiger partial charge in [0.05, 0.1) is 5.70 Å². The Hall–Kier alpha value is -0.940. The molecule has 0 amide bonds. The maximum absolute atomic E-state index is 3.80. The van der Waals surface area contributed by atoms with Gasteiger partial charge in [0, 0.05) is 12.6 Å². The summed E-state index contributed by atoms with van der Waals surface area (Å²) in [6.45, 7) is 13.6. The van der Waals surface area contributed by atoms with Gasteiger partial charge >= 0.3 is 0 Å². The highest BCUT2D eigenvalue weighted by atomic mass is 15.2. The van der Waals surface area contributed by atoms with E-state index < -0.39 is 0 Å². The molecule has 0 N–H and O–H groups in total. The molecule has 1 nitrogen and oxygen atoms in total. The van der Waals surface area contributed by atoms with Crippen LogP contribution in [0.15, 0.2) is 30.2 Å². The van der Waals surface area contributed by atoms with Crippen LogP contribution in [-0.4, -0.2) is 17.5 Å². The Morgan fingerprint density at radius 1 is 1.25 bits per heavy atom. The Bertz CT molecular complexity index is 240. The van der Waals surface area contributed by atoms with Crippen LogP contribution < -0.4 is 0 Å². The molecule has 0 aliphatic carbocycles. The van der Waals surface area contributed by atoms with Gasteiger partial charge in [0.1, 0.15) is 0 Å². The van der Waals surface area contributed by atoms with Crippen LogP contribution in [0.1, 0.15) is 53.4 Å². The molecule has 0 aliphatic heterocycles. The van der Waals surface area contributed by atoms with Crippen molar-refractivity contribution in [3.8, 4) is 0 Å². The summed E-state index contributed by atoms with van der Waals surface area (Å²) >= 11 is 0. The van der Waals surface area contributed by atoms with E-state index in [0.717, 1.165) is 12.2 Å². The first-order valence-corrected chi connectivity index (χ1v) is 6.54. The standard InChI is InChI=1S/C15H27N/c1-6-11-14(9-4)16(10-5)15(12-7-2)13-8-3/h6,11,15H,4,7-8,10,12-13H2,1-3,5H3/b11-6+. The lowest BCUT2D eigenvalue weighted by atomic mass is 10.0. The van der Waals surface area contributed by atoms with E-state index >= 15 is 0 Å². The van der Waals surface area contributed by atoms with E-state index in [2.05, 4.69) is 50.1 Å². The van der Waals surface area contributed by atoms with Gasteiger partial charge in [-0.15, -0.1) is 5.73 Å². The summed E-state index contributed by atoms with van der Waals surface area (Å²) in [5.41, 5.74) is 4.19. The lowest BCUT2D eigenvalue weighted by Crippen LogP contribution is -2.33. The van der Waals surface area contributed by atoms with Crippen LogP contribution in [0.25, 0.3) is 0 Å². The molecular weight excluding hydrogens is 194 g/mol. The third-order valence-electron chi connectivity index (χ3n) is 2.84. The fourth-order valence-electron chi connectivity index (χ4n) is 2.16. The molecule has 0 aromatic carbocycles. The Balaban J connectivity index is 4.82. The topological polar surface area (TPSA) is 3.24 Å². The lowest BCUT2D eigenvalue weighted by Gasteiger charge is -2.32. The lowest BCUT2D eigenvalue weighted by molar-refractivity contribution is 0.242. The number of allylic oxidation sites excluding steroid dienone is 2.